The van der Waals surface area contributed by atoms with Gasteiger partial charge in [0.1, 0.15) is 0 Å². The molecule has 0 spiro atoms. The van der Waals surface area contributed by atoms with Crippen LogP contribution in [0.1, 0.15) is 25.7 Å². The third-order valence-corrected chi connectivity index (χ3v) is 6.92. The van der Waals surface area contributed by atoms with Gasteiger partial charge >= 0.3 is 0 Å². The zero-order valence-corrected chi connectivity index (χ0v) is 14.0. The Labute approximate surface area is 138 Å². The molecule has 8 unspecified atom stereocenters. The van der Waals surface area contributed by atoms with E-state index in [0.29, 0.717) is 25.7 Å². The predicted molar refractivity (Wildman–Crippen MR) is 79.8 cm³/mol. The van der Waals surface area contributed by atoms with Crippen LogP contribution in [0.5, 0.6) is 0 Å². The molecular formula is C12H16Cl4O2S-2. The largest absolute Gasteiger partial charge is 0.850 e. The van der Waals surface area contributed by atoms with E-state index in [0.717, 1.165) is 0 Å². The Kier molecular flexibility index (Phi) is 6.30. The molecule has 2 nitrogen and oxygen atoms in total. The lowest BCUT2D eigenvalue weighted by atomic mass is 9.95. The zero-order valence-electron chi connectivity index (χ0n) is 10.2. The van der Waals surface area contributed by atoms with E-state index in [1.807, 2.05) is 0 Å². The van der Waals surface area contributed by atoms with Crippen molar-refractivity contribution in [3.05, 3.63) is 0 Å². The van der Waals surface area contributed by atoms with Crippen LogP contribution in [0, 0.1) is 0 Å². The van der Waals surface area contributed by atoms with Crippen LogP contribution in [0.3, 0.4) is 0 Å². The van der Waals surface area contributed by atoms with Crippen LogP contribution in [0.25, 0.3) is 0 Å². The molecule has 2 aliphatic carbocycles. The van der Waals surface area contributed by atoms with Gasteiger partial charge in [0.05, 0.1) is 0 Å². The van der Waals surface area contributed by atoms with Gasteiger partial charge in [-0.25, -0.2) is 0 Å². The highest BCUT2D eigenvalue weighted by Crippen LogP contribution is 2.40. The maximum Gasteiger partial charge on any atom is 0.0359 e. The summed E-state index contributed by atoms with van der Waals surface area (Å²) in [5.74, 6) is 0. The van der Waals surface area contributed by atoms with Crippen LogP contribution < -0.4 is 10.2 Å². The number of hydrogen-bond acceptors (Lipinski definition) is 3. The molecule has 0 bridgehead atoms. The van der Waals surface area contributed by atoms with E-state index >= 15 is 0 Å². The van der Waals surface area contributed by atoms with Gasteiger partial charge in [-0.3, -0.25) is 0 Å². The third kappa shape index (κ3) is 4.21. The van der Waals surface area contributed by atoms with Gasteiger partial charge in [-0.05, 0) is 36.2 Å². The Bertz CT molecular complexity index is 281. The van der Waals surface area contributed by atoms with Crippen molar-refractivity contribution >= 4 is 58.2 Å². The summed E-state index contributed by atoms with van der Waals surface area (Å²) in [5, 5.41) is 22.7. The molecule has 0 aromatic rings. The van der Waals surface area contributed by atoms with Crippen molar-refractivity contribution < 1.29 is 10.2 Å². The quantitative estimate of drug-likeness (QED) is 0.702. The molecule has 2 rings (SSSR count). The van der Waals surface area contributed by atoms with E-state index in [2.05, 4.69) is 0 Å². The van der Waals surface area contributed by atoms with Crippen molar-refractivity contribution in [2.24, 2.45) is 0 Å². The first-order valence-electron chi connectivity index (χ1n) is 6.42. The third-order valence-electron chi connectivity index (χ3n) is 3.73. The van der Waals surface area contributed by atoms with Gasteiger partial charge in [-0.1, -0.05) is 12.2 Å². The average Bonchev–Trinajstić information content (AvgIpc) is 2.31. The van der Waals surface area contributed by atoms with Crippen molar-refractivity contribution in [3.63, 3.8) is 0 Å². The minimum Gasteiger partial charge on any atom is -0.850 e. The van der Waals surface area contributed by atoms with Crippen molar-refractivity contribution in [1.82, 2.24) is 0 Å². The number of hydrogen-bond donors (Lipinski definition) is 0. The molecule has 0 N–H and O–H groups in total. The lowest BCUT2D eigenvalue weighted by molar-refractivity contribution is -0.423. The van der Waals surface area contributed by atoms with Crippen molar-refractivity contribution in [2.75, 3.05) is 0 Å². The topological polar surface area (TPSA) is 46.1 Å². The summed E-state index contributed by atoms with van der Waals surface area (Å²) < 4.78 is 0. The van der Waals surface area contributed by atoms with Gasteiger partial charge in [0.15, 0.2) is 0 Å². The highest BCUT2D eigenvalue weighted by atomic mass is 35.5. The summed E-state index contributed by atoms with van der Waals surface area (Å²) in [5.41, 5.74) is 0. The summed E-state index contributed by atoms with van der Waals surface area (Å²) >= 11 is 25.7. The normalized spacial score (nSPS) is 52.1. The fraction of sp³-hybridized carbons (Fsp3) is 1.00. The Morgan fingerprint density at radius 2 is 1.05 bits per heavy atom. The lowest BCUT2D eigenvalue weighted by Crippen LogP contribution is -2.54. The molecule has 112 valence electrons. The van der Waals surface area contributed by atoms with Gasteiger partial charge in [-0.2, -0.15) is 11.8 Å². The average molecular weight is 366 g/mol. The summed E-state index contributed by atoms with van der Waals surface area (Å²) in [7, 11) is 0. The second-order valence-corrected chi connectivity index (χ2v) is 9.15. The molecule has 19 heavy (non-hydrogen) atoms. The summed E-state index contributed by atoms with van der Waals surface area (Å²) in [4.78, 5) is 0. The van der Waals surface area contributed by atoms with E-state index in [4.69, 9.17) is 46.4 Å². The zero-order chi connectivity index (χ0) is 14.2. The van der Waals surface area contributed by atoms with Crippen molar-refractivity contribution in [3.8, 4) is 0 Å². The van der Waals surface area contributed by atoms with Crippen LogP contribution in [-0.2, 0) is 0 Å². The molecule has 2 aliphatic rings. The molecular weight excluding hydrogens is 350 g/mol. The first-order chi connectivity index (χ1) is 8.88. The fourth-order valence-corrected chi connectivity index (χ4v) is 6.62. The van der Waals surface area contributed by atoms with E-state index in [1.54, 1.807) is 0 Å². The van der Waals surface area contributed by atoms with Crippen molar-refractivity contribution in [2.45, 2.75) is 69.9 Å². The molecule has 8 atom stereocenters. The first kappa shape index (κ1) is 16.8. The molecule has 0 aromatic heterocycles. The van der Waals surface area contributed by atoms with E-state index in [9.17, 15) is 10.2 Å². The summed E-state index contributed by atoms with van der Waals surface area (Å²) in [6.07, 6.45) is 0.530. The Balaban J connectivity index is 1.98. The minimum absolute atomic E-state index is 0.0857. The molecule has 2 saturated carbocycles. The van der Waals surface area contributed by atoms with Crippen LogP contribution in [-0.4, -0.2) is 44.2 Å². The molecule has 0 radical (unpaired) electrons. The monoisotopic (exact) mass is 364 g/mol. The minimum atomic E-state index is -0.877. The Morgan fingerprint density at radius 3 is 1.42 bits per heavy atom. The predicted octanol–water partition coefficient (Wildman–Crippen LogP) is 1.93. The molecule has 0 saturated heterocycles. The number of thioether (sulfide) groups is 1. The van der Waals surface area contributed by atoms with Gasteiger partial charge in [0, 0.05) is 21.5 Å². The number of rotatable bonds is 2. The molecule has 0 aromatic carbocycles. The SMILES string of the molecule is [O-]C1C(Cl)CC(Cl)CC1SC1CC(Cl)CC(Cl)C1[O-]. The summed E-state index contributed by atoms with van der Waals surface area (Å²) in [6, 6.07) is 0. The molecule has 0 aliphatic heterocycles. The smallest absolute Gasteiger partial charge is 0.0359 e. The molecule has 2 fully saturated rings. The molecule has 7 heteroatoms. The van der Waals surface area contributed by atoms with Gasteiger partial charge in [-0.15, -0.1) is 46.4 Å². The second kappa shape index (κ2) is 7.13. The van der Waals surface area contributed by atoms with E-state index < -0.39 is 23.0 Å². The fourth-order valence-electron chi connectivity index (χ4n) is 2.68. The van der Waals surface area contributed by atoms with E-state index in [1.165, 1.54) is 11.8 Å². The van der Waals surface area contributed by atoms with Crippen LogP contribution in [0.2, 0.25) is 0 Å². The van der Waals surface area contributed by atoms with E-state index in [-0.39, 0.29) is 21.3 Å². The summed E-state index contributed by atoms with van der Waals surface area (Å²) in [6.45, 7) is 0. The van der Waals surface area contributed by atoms with Gasteiger partial charge in [0.25, 0.3) is 0 Å². The highest BCUT2D eigenvalue weighted by molar-refractivity contribution is 8.00. The molecule has 0 amide bonds. The van der Waals surface area contributed by atoms with Crippen molar-refractivity contribution in [1.29, 1.82) is 0 Å². The Hall–Kier alpha value is 1.43. The number of alkyl halides is 4. The Morgan fingerprint density at radius 1 is 0.684 bits per heavy atom. The second-order valence-electron chi connectivity index (χ2n) is 5.31. The molecule has 0 heterocycles. The van der Waals surface area contributed by atoms with Crippen LogP contribution in [0.4, 0.5) is 0 Å². The first-order valence-corrected chi connectivity index (χ1v) is 9.10. The van der Waals surface area contributed by atoms with Gasteiger partial charge in [0.2, 0.25) is 0 Å². The highest BCUT2D eigenvalue weighted by Gasteiger charge is 2.35. The maximum absolute atomic E-state index is 12.1. The lowest BCUT2D eigenvalue weighted by Gasteiger charge is -2.47. The standard InChI is InChI=1S/C12H16Cl4O2S/c13-5-1-7(15)11(17)9(3-5)19-10-4-6(14)2-8(16)12(10)18/h5-12H,1-4H2/q-2. The maximum atomic E-state index is 12.1. The number of halogens is 4. The van der Waals surface area contributed by atoms with Crippen LogP contribution in [0.15, 0.2) is 0 Å². The van der Waals surface area contributed by atoms with Crippen LogP contribution >= 0.6 is 58.2 Å². The van der Waals surface area contributed by atoms with Gasteiger partial charge < -0.3 is 10.2 Å².